The van der Waals surface area contributed by atoms with E-state index in [4.69, 9.17) is 10.5 Å². The Labute approximate surface area is 125 Å². The van der Waals surface area contributed by atoms with Crippen molar-refractivity contribution in [3.05, 3.63) is 28.8 Å². The first-order chi connectivity index (χ1) is 9.79. The molecule has 0 radical (unpaired) electrons. The lowest BCUT2D eigenvalue weighted by Crippen LogP contribution is -2.38. The minimum atomic E-state index is -0.882. The van der Waals surface area contributed by atoms with E-state index in [-0.39, 0.29) is 6.61 Å². The lowest BCUT2D eigenvalue weighted by atomic mass is 10.1. The van der Waals surface area contributed by atoms with E-state index >= 15 is 0 Å². The number of imide groups is 1. The molecule has 0 spiro atoms. The van der Waals surface area contributed by atoms with Crippen LogP contribution in [0.15, 0.2) is 12.1 Å². The lowest BCUT2D eigenvalue weighted by molar-refractivity contribution is -0.121. The van der Waals surface area contributed by atoms with Gasteiger partial charge in [-0.2, -0.15) is 0 Å². The highest BCUT2D eigenvalue weighted by atomic mass is 16.5. The second-order valence-electron chi connectivity index (χ2n) is 5.30. The molecule has 0 saturated heterocycles. The highest BCUT2D eigenvalue weighted by Gasteiger charge is 2.10. The van der Waals surface area contributed by atoms with E-state index in [1.54, 1.807) is 0 Å². The predicted molar refractivity (Wildman–Crippen MR) is 81.1 cm³/mol. The topological polar surface area (TPSA) is 93.4 Å². The molecule has 1 rings (SSSR count). The number of amides is 3. The molecule has 0 saturated carbocycles. The summed E-state index contributed by atoms with van der Waals surface area (Å²) in [6.07, 6.45) is 0. The van der Waals surface area contributed by atoms with Gasteiger partial charge in [0.2, 0.25) is 0 Å². The van der Waals surface area contributed by atoms with Crippen molar-refractivity contribution in [3.63, 3.8) is 0 Å². The van der Waals surface area contributed by atoms with Gasteiger partial charge < -0.3 is 15.8 Å². The maximum absolute atomic E-state index is 11.3. The van der Waals surface area contributed by atoms with Crippen molar-refractivity contribution >= 4 is 11.9 Å². The summed E-state index contributed by atoms with van der Waals surface area (Å²) in [4.78, 5) is 21.9. The zero-order chi connectivity index (χ0) is 16.0. The second-order valence-corrected chi connectivity index (χ2v) is 5.30. The van der Waals surface area contributed by atoms with Crippen molar-refractivity contribution < 1.29 is 14.3 Å². The summed E-state index contributed by atoms with van der Waals surface area (Å²) in [5.74, 6) is 0.0924. The zero-order valence-electron chi connectivity index (χ0n) is 12.9. The van der Waals surface area contributed by atoms with Crippen LogP contribution in [0.25, 0.3) is 0 Å². The van der Waals surface area contributed by atoms with E-state index in [9.17, 15) is 9.59 Å². The number of benzene rings is 1. The van der Waals surface area contributed by atoms with E-state index in [0.29, 0.717) is 11.8 Å². The van der Waals surface area contributed by atoms with Gasteiger partial charge in [-0.3, -0.25) is 10.1 Å². The van der Waals surface area contributed by atoms with Crippen molar-refractivity contribution in [2.75, 3.05) is 6.61 Å². The van der Waals surface area contributed by atoms with Gasteiger partial charge >= 0.3 is 6.03 Å². The van der Waals surface area contributed by atoms with Crippen molar-refractivity contribution in [1.82, 2.24) is 10.6 Å². The standard InChI is InChI=1S/C15H23N3O3/c1-9(2)17-7-12-5-10(3)14(11(4)6-12)21-8-13(19)18-15(16)20/h5-6,9,17H,7-8H2,1-4H3,(H3,16,18,19,20). The first kappa shape index (κ1) is 17.0. The van der Waals surface area contributed by atoms with Crippen LogP contribution >= 0.6 is 0 Å². The number of primary amides is 1. The van der Waals surface area contributed by atoms with Gasteiger partial charge in [0.05, 0.1) is 0 Å². The van der Waals surface area contributed by atoms with Gasteiger partial charge in [0.1, 0.15) is 5.75 Å². The van der Waals surface area contributed by atoms with Crippen molar-refractivity contribution in [1.29, 1.82) is 0 Å². The maximum Gasteiger partial charge on any atom is 0.318 e. The molecule has 6 heteroatoms. The van der Waals surface area contributed by atoms with Gasteiger partial charge in [-0.1, -0.05) is 26.0 Å². The van der Waals surface area contributed by atoms with Crippen LogP contribution in [0.3, 0.4) is 0 Å². The third-order valence-electron chi connectivity index (χ3n) is 2.84. The highest BCUT2D eigenvalue weighted by Crippen LogP contribution is 2.24. The lowest BCUT2D eigenvalue weighted by Gasteiger charge is -2.15. The van der Waals surface area contributed by atoms with Crippen molar-refractivity contribution in [2.45, 2.75) is 40.3 Å². The molecule has 6 nitrogen and oxygen atoms in total. The molecular weight excluding hydrogens is 270 g/mol. The van der Waals surface area contributed by atoms with E-state index in [1.807, 2.05) is 31.3 Å². The van der Waals surface area contributed by atoms with Crippen LogP contribution in [0.5, 0.6) is 5.75 Å². The Morgan fingerprint density at radius 1 is 1.24 bits per heavy atom. The number of hydrogen-bond acceptors (Lipinski definition) is 4. The number of aryl methyl sites for hydroxylation is 2. The second kappa shape index (κ2) is 7.64. The number of ether oxygens (including phenoxy) is 1. The first-order valence-electron chi connectivity index (χ1n) is 6.85. The molecule has 1 aromatic carbocycles. The van der Waals surface area contributed by atoms with Crippen LogP contribution < -0.4 is 21.1 Å². The Bertz CT molecular complexity index is 504. The Kier molecular flexibility index (Phi) is 6.17. The summed E-state index contributed by atoms with van der Waals surface area (Å²) in [5, 5.41) is 5.31. The quantitative estimate of drug-likeness (QED) is 0.738. The van der Waals surface area contributed by atoms with Gasteiger partial charge in [-0.15, -0.1) is 0 Å². The molecular formula is C15H23N3O3. The fourth-order valence-corrected chi connectivity index (χ4v) is 2.00. The minimum Gasteiger partial charge on any atom is -0.483 e. The average molecular weight is 293 g/mol. The number of carbonyl (C=O) groups excluding carboxylic acids is 2. The predicted octanol–water partition coefficient (Wildman–Crippen LogP) is 1.38. The van der Waals surface area contributed by atoms with Crippen LogP contribution in [-0.4, -0.2) is 24.6 Å². The Hall–Kier alpha value is -2.08. The number of carbonyl (C=O) groups is 2. The van der Waals surface area contributed by atoms with Crippen LogP contribution in [0.4, 0.5) is 4.79 Å². The zero-order valence-corrected chi connectivity index (χ0v) is 12.9. The minimum absolute atomic E-state index is 0.242. The van der Waals surface area contributed by atoms with Gasteiger partial charge in [0.15, 0.2) is 6.61 Å². The van der Waals surface area contributed by atoms with Crippen LogP contribution in [-0.2, 0) is 11.3 Å². The maximum atomic E-state index is 11.3. The summed E-state index contributed by atoms with van der Waals surface area (Å²) in [7, 11) is 0. The fraction of sp³-hybridized carbons (Fsp3) is 0.467. The largest absolute Gasteiger partial charge is 0.483 e. The summed E-state index contributed by atoms with van der Waals surface area (Å²) in [6, 6.07) is 3.57. The molecule has 1 aromatic rings. The summed E-state index contributed by atoms with van der Waals surface area (Å²) in [6.45, 7) is 8.57. The van der Waals surface area contributed by atoms with Crippen molar-refractivity contribution in [3.8, 4) is 5.75 Å². The van der Waals surface area contributed by atoms with Gasteiger partial charge in [0, 0.05) is 12.6 Å². The number of urea groups is 1. The van der Waals surface area contributed by atoms with Crippen molar-refractivity contribution in [2.24, 2.45) is 5.73 Å². The third-order valence-corrected chi connectivity index (χ3v) is 2.84. The monoisotopic (exact) mass is 293 g/mol. The number of rotatable bonds is 6. The van der Waals surface area contributed by atoms with E-state index in [2.05, 4.69) is 19.2 Å². The molecule has 0 aliphatic heterocycles. The van der Waals surface area contributed by atoms with Gasteiger partial charge in [-0.25, -0.2) is 4.79 Å². The molecule has 0 aliphatic carbocycles. The number of hydrogen-bond donors (Lipinski definition) is 3. The van der Waals surface area contributed by atoms with E-state index in [0.717, 1.165) is 23.2 Å². The molecule has 3 amide bonds. The molecule has 0 bridgehead atoms. The molecule has 116 valence electrons. The third kappa shape index (κ3) is 5.83. The Morgan fingerprint density at radius 3 is 2.29 bits per heavy atom. The van der Waals surface area contributed by atoms with Crippen LogP contribution in [0.2, 0.25) is 0 Å². The Balaban J connectivity index is 2.71. The molecule has 0 fully saturated rings. The van der Waals surface area contributed by atoms with E-state index < -0.39 is 11.9 Å². The number of nitrogens with one attached hydrogen (secondary N) is 2. The summed E-state index contributed by atoms with van der Waals surface area (Å²) in [5.41, 5.74) is 7.92. The molecule has 0 heterocycles. The van der Waals surface area contributed by atoms with E-state index in [1.165, 1.54) is 0 Å². The molecule has 0 unspecified atom stereocenters. The molecule has 0 aromatic heterocycles. The normalized spacial score (nSPS) is 10.5. The van der Waals surface area contributed by atoms with Gasteiger partial charge in [-0.05, 0) is 30.5 Å². The molecule has 4 N–H and O–H groups in total. The molecule has 0 aliphatic rings. The Morgan fingerprint density at radius 2 is 1.81 bits per heavy atom. The van der Waals surface area contributed by atoms with Crippen LogP contribution in [0, 0.1) is 13.8 Å². The number of nitrogens with two attached hydrogens (primary N) is 1. The van der Waals surface area contributed by atoms with Gasteiger partial charge in [0.25, 0.3) is 5.91 Å². The fourth-order valence-electron chi connectivity index (χ4n) is 2.00. The average Bonchev–Trinajstić information content (AvgIpc) is 2.34. The summed E-state index contributed by atoms with van der Waals surface area (Å²) < 4.78 is 5.47. The summed E-state index contributed by atoms with van der Waals surface area (Å²) >= 11 is 0. The van der Waals surface area contributed by atoms with Crippen LogP contribution in [0.1, 0.15) is 30.5 Å². The highest BCUT2D eigenvalue weighted by molar-refractivity contribution is 5.94. The SMILES string of the molecule is Cc1cc(CNC(C)C)cc(C)c1OCC(=O)NC(N)=O. The molecule has 21 heavy (non-hydrogen) atoms. The first-order valence-corrected chi connectivity index (χ1v) is 6.85. The molecule has 0 atom stereocenters. The smallest absolute Gasteiger partial charge is 0.318 e.